The fourth-order valence-electron chi connectivity index (χ4n) is 2.51. The summed E-state index contributed by atoms with van der Waals surface area (Å²) >= 11 is 0. The number of ether oxygens (including phenoxy) is 2. The summed E-state index contributed by atoms with van der Waals surface area (Å²) in [5.74, 6) is 0.387. The Hall–Kier alpha value is -3.02. The lowest BCUT2D eigenvalue weighted by atomic mass is 10.2. The van der Waals surface area contributed by atoms with E-state index in [-0.39, 0.29) is 25.2 Å². The molecule has 1 unspecified atom stereocenters. The normalized spacial score (nSPS) is 16.4. The van der Waals surface area contributed by atoms with E-state index >= 15 is 0 Å². The molecule has 1 aliphatic heterocycles. The van der Waals surface area contributed by atoms with Gasteiger partial charge < -0.3 is 14.8 Å². The second-order valence-corrected chi connectivity index (χ2v) is 5.86. The van der Waals surface area contributed by atoms with E-state index in [1.807, 2.05) is 61.5 Å². The SMILES string of the molecule is Cc1ccc(OCC(=O)NCC2CN(c3ccccc3)C(=O)O2)cc1. The van der Waals surface area contributed by atoms with Gasteiger partial charge in [0, 0.05) is 5.69 Å². The number of cyclic esters (lactones) is 1. The van der Waals surface area contributed by atoms with Crippen LogP contribution in [0.3, 0.4) is 0 Å². The zero-order valence-electron chi connectivity index (χ0n) is 14.0. The maximum Gasteiger partial charge on any atom is 0.414 e. The molecule has 1 saturated heterocycles. The van der Waals surface area contributed by atoms with Crippen molar-refractivity contribution < 1.29 is 19.1 Å². The van der Waals surface area contributed by atoms with Crippen LogP contribution in [-0.2, 0) is 9.53 Å². The molecule has 2 aromatic carbocycles. The van der Waals surface area contributed by atoms with E-state index in [1.165, 1.54) is 0 Å². The molecule has 0 radical (unpaired) electrons. The molecule has 6 nitrogen and oxygen atoms in total. The summed E-state index contributed by atoms with van der Waals surface area (Å²) in [6.45, 7) is 2.57. The maximum atomic E-state index is 11.9. The second kappa shape index (κ2) is 7.70. The third-order valence-electron chi connectivity index (χ3n) is 3.86. The van der Waals surface area contributed by atoms with E-state index in [9.17, 15) is 9.59 Å². The molecule has 130 valence electrons. The number of carbonyl (C=O) groups is 2. The minimum Gasteiger partial charge on any atom is -0.484 e. The third kappa shape index (κ3) is 4.50. The van der Waals surface area contributed by atoms with Crippen molar-refractivity contribution in [2.24, 2.45) is 0 Å². The molecule has 0 aromatic heterocycles. The molecule has 0 spiro atoms. The fourth-order valence-corrected chi connectivity index (χ4v) is 2.51. The summed E-state index contributed by atoms with van der Waals surface area (Å²) in [5, 5.41) is 2.73. The third-order valence-corrected chi connectivity index (χ3v) is 3.86. The Balaban J connectivity index is 1.43. The predicted molar refractivity (Wildman–Crippen MR) is 93.7 cm³/mol. The molecule has 0 bridgehead atoms. The van der Waals surface area contributed by atoms with E-state index in [4.69, 9.17) is 9.47 Å². The van der Waals surface area contributed by atoms with Gasteiger partial charge in [0.15, 0.2) is 6.61 Å². The van der Waals surface area contributed by atoms with Crippen LogP contribution >= 0.6 is 0 Å². The van der Waals surface area contributed by atoms with Gasteiger partial charge in [-0.1, -0.05) is 35.9 Å². The smallest absolute Gasteiger partial charge is 0.414 e. The number of nitrogens with zero attached hydrogens (tertiary/aromatic N) is 1. The maximum absolute atomic E-state index is 11.9. The summed E-state index contributed by atoms with van der Waals surface area (Å²) in [5.41, 5.74) is 1.91. The highest BCUT2D eigenvalue weighted by Crippen LogP contribution is 2.20. The van der Waals surface area contributed by atoms with Crippen molar-refractivity contribution in [2.45, 2.75) is 13.0 Å². The van der Waals surface area contributed by atoms with E-state index in [0.29, 0.717) is 12.3 Å². The highest BCUT2D eigenvalue weighted by atomic mass is 16.6. The van der Waals surface area contributed by atoms with Crippen LogP contribution in [0.4, 0.5) is 10.5 Å². The Morgan fingerprint density at radius 2 is 1.92 bits per heavy atom. The van der Waals surface area contributed by atoms with Crippen LogP contribution in [0.5, 0.6) is 5.75 Å². The molecule has 1 N–H and O–H groups in total. The van der Waals surface area contributed by atoms with Gasteiger partial charge in [-0.25, -0.2) is 4.79 Å². The van der Waals surface area contributed by atoms with Crippen LogP contribution in [0.15, 0.2) is 54.6 Å². The summed E-state index contributed by atoms with van der Waals surface area (Å²) < 4.78 is 10.7. The van der Waals surface area contributed by atoms with Gasteiger partial charge in [0.2, 0.25) is 0 Å². The summed E-state index contributed by atoms with van der Waals surface area (Å²) in [4.78, 5) is 25.4. The predicted octanol–water partition coefficient (Wildman–Crippen LogP) is 2.52. The van der Waals surface area contributed by atoms with Crippen molar-refractivity contribution in [2.75, 3.05) is 24.6 Å². The Kier molecular flexibility index (Phi) is 5.18. The van der Waals surface area contributed by atoms with Gasteiger partial charge in [-0.3, -0.25) is 9.69 Å². The molecule has 2 amide bonds. The average molecular weight is 340 g/mol. The van der Waals surface area contributed by atoms with Crippen molar-refractivity contribution in [1.29, 1.82) is 0 Å². The van der Waals surface area contributed by atoms with Gasteiger partial charge in [0.25, 0.3) is 5.91 Å². The molecular weight excluding hydrogens is 320 g/mol. The minimum absolute atomic E-state index is 0.0773. The molecule has 2 aromatic rings. The number of benzene rings is 2. The molecular formula is C19H20N2O4. The Morgan fingerprint density at radius 1 is 1.20 bits per heavy atom. The van der Waals surface area contributed by atoms with Gasteiger partial charge in [-0.05, 0) is 31.2 Å². The molecule has 1 aliphatic rings. The van der Waals surface area contributed by atoms with Crippen LogP contribution in [0, 0.1) is 6.92 Å². The largest absolute Gasteiger partial charge is 0.484 e. The second-order valence-electron chi connectivity index (χ2n) is 5.86. The van der Waals surface area contributed by atoms with Crippen molar-refractivity contribution >= 4 is 17.7 Å². The first kappa shape index (κ1) is 16.8. The molecule has 25 heavy (non-hydrogen) atoms. The van der Waals surface area contributed by atoms with Crippen molar-refractivity contribution in [1.82, 2.24) is 5.32 Å². The molecule has 1 heterocycles. The Labute approximate surface area is 146 Å². The van der Waals surface area contributed by atoms with Crippen molar-refractivity contribution in [3.63, 3.8) is 0 Å². The van der Waals surface area contributed by atoms with Gasteiger partial charge in [-0.2, -0.15) is 0 Å². The van der Waals surface area contributed by atoms with Crippen LogP contribution in [0.1, 0.15) is 5.56 Å². The average Bonchev–Trinajstić information content (AvgIpc) is 3.01. The number of para-hydroxylation sites is 1. The van der Waals surface area contributed by atoms with Gasteiger partial charge in [-0.15, -0.1) is 0 Å². The fraction of sp³-hybridized carbons (Fsp3) is 0.263. The lowest BCUT2D eigenvalue weighted by Crippen LogP contribution is -2.37. The van der Waals surface area contributed by atoms with Crippen LogP contribution < -0.4 is 15.0 Å². The van der Waals surface area contributed by atoms with Crippen LogP contribution in [0.2, 0.25) is 0 Å². The number of hydrogen-bond acceptors (Lipinski definition) is 4. The lowest BCUT2D eigenvalue weighted by molar-refractivity contribution is -0.123. The van der Waals surface area contributed by atoms with Gasteiger partial charge in [0.1, 0.15) is 11.9 Å². The van der Waals surface area contributed by atoms with Crippen LogP contribution in [-0.4, -0.2) is 37.8 Å². The summed E-state index contributed by atoms with van der Waals surface area (Å²) in [7, 11) is 0. The van der Waals surface area contributed by atoms with E-state index in [0.717, 1.165) is 11.3 Å². The van der Waals surface area contributed by atoms with Crippen LogP contribution in [0.25, 0.3) is 0 Å². The zero-order valence-corrected chi connectivity index (χ0v) is 14.0. The van der Waals surface area contributed by atoms with Crippen molar-refractivity contribution in [3.8, 4) is 5.75 Å². The first-order valence-corrected chi connectivity index (χ1v) is 8.11. The Morgan fingerprint density at radius 3 is 2.64 bits per heavy atom. The first-order valence-electron chi connectivity index (χ1n) is 8.11. The number of nitrogens with one attached hydrogen (secondary N) is 1. The first-order chi connectivity index (χ1) is 12.1. The number of amides is 2. The van der Waals surface area contributed by atoms with E-state index < -0.39 is 6.09 Å². The standard InChI is InChI=1S/C19H20N2O4/c1-14-7-9-16(10-8-14)24-13-18(22)20-11-17-12-21(19(23)25-17)15-5-3-2-4-6-15/h2-10,17H,11-13H2,1H3,(H,20,22). The molecule has 0 aliphatic carbocycles. The molecule has 0 saturated carbocycles. The molecule has 3 rings (SSSR count). The Bertz CT molecular complexity index is 731. The van der Waals surface area contributed by atoms with Gasteiger partial charge in [0.05, 0.1) is 13.1 Å². The zero-order chi connectivity index (χ0) is 17.6. The molecule has 1 fully saturated rings. The van der Waals surface area contributed by atoms with Crippen molar-refractivity contribution in [3.05, 3.63) is 60.2 Å². The molecule has 6 heteroatoms. The minimum atomic E-state index is -0.402. The number of anilines is 1. The number of hydrogen-bond donors (Lipinski definition) is 1. The summed E-state index contributed by atoms with van der Waals surface area (Å²) in [6.07, 6.45) is -0.780. The monoisotopic (exact) mass is 340 g/mol. The molecule has 1 atom stereocenters. The van der Waals surface area contributed by atoms with E-state index in [2.05, 4.69) is 5.32 Å². The topological polar surface area (TPSA) is 67.9 Å². The highest BCUT2D eigenvalue weighted by molar-refractivity contribution is 5.89. The lowest BCUT2D eigenvalue weighted by Gasteiger charge is -2.13. The number of aryl methyl sites for hydroxylation is 1. The highest BCUT2D eigenvalue weighted by Gasteiger charge is 2.32. The number of rotatable bonds is 6. The number of carbonyl (C=O) groups excluding carboxylic acids is 2. The van der Waals surface area contributed by atoms with E-state index in [1.54, 1.807) is 4.90 Å². The quantitative estimate of drug-likeness (QED) is 0.877. The van der Waals surface area contributed by atoms with Gasteiger partial charge >= 0.3 is 6.09 Å². The summed E-state index contributed by atoms with van der Waals surface area (Å²) in [6, 6.07) is 16.8.